The van der Waals surface area contributed by atoms with Gasteiger partial charge in [0.25, 0.3) is 0 Å². The van der Waals surface area contributed by atoms with Crippen LogP contribution in [0.1, 0.15) is 10.4 Å². The Kier molecular flexibility index (Phi) is 8.22. The van der Waals surface area contributed by atoms with Gasteiger partial charge in [-0.25, -0.2) is 13.6 Å². The predicted molar refractivity (Wildman–Crippen MR) is 145 cm³/mol. The SMILES string of the molecule is O=C(O)c1cccc(F)c1-c1c2cc(I)c(O)c(I)c2[o+]c2c(I)c(O)c(I)cc12.[Na+]. The molecule has 0 atom stereocenters. The zero-order valence-corrected chi connectivity index (χ0v) is 26.1. The van der Waals surface area contributed by atoms with Crippen LogP contribution in [0.15, 0.2) is 34.7 Å². The van der Waals surface area contributed by atoms with Crippen LogP contribution in [0.5, 0.6) is 11.5 Å². The van der Waals surface area contributed by atoms with E-state index in [0.29, 0.717) is 30.6 Å². The van der Waals surface area contributed by atoms with E-state index >= 15 is 4.39 Å². The number of carboxylic acids is 1. The number of phenolic OH excluding ortho intramolecular Hbond substituents is 2. The number of carbonyl (C=O) groups is 1. The van der Waals surface area contributed by atoms with Gasteiger partial charge in [-0.3, -0.25) is 0 Å². The molecule has 0 spiro atoms. The van der Waals surface area contributed by atoms with Crippen molar-refractivity contribution in [3.05, 3.63) is 56.0 Å². The molecule has 1 aromatic heterocycles. The predicted octanol–water partition coefficient (Wildman–Crippen LogP) is 4.21. The number of benzene rings is 3. The van der Waals surface area contributed by atoms with Gasteiger partial charge in [0, 0.05) is 11.1 Å². The molecule has 0 amide bonds. The summed E-state index contributed by atoms with van der Waals surface area (Å²) in [6, 6.07) is 7.16. The van der Waals surface area contributed by atoms with Gasteiger partial charge in [-0.15, -0.1) is 0 Å². The third kappa shape index (κ3) is 4.38. The number of aromatic carboxylic acids is 1. The van der Waals surface area contributed by atoms with Crippen molar-refractivity contribution in [2.24, 2.45) is 0 Å². The van der Waals surface area contributed by atoms with Gasteiger partial charge in [-0.05, 0) is 115 Å². The van der Waals surface area contributed by atoms with Gasteiger partial charge in [0.15, 0.2) is 18.6 Å². The number of halogens is 5. The number of hydrogen-bond acceptors (Lipinski definition) is 3. The molecule has 152 valence electrons. The standard InChI is InChI=1S/C20H7FI4O5.Na/c21-9-3-1-2-6(20(28)29)13(9)12-7-4-10(22)16(26)14(24)18(7)30-19-8(12)5-11(23)17(27)15(19)25;/h1-5H,(H2-,26,27,28,29);/q;+1/p+1. The molecule has 5 nitrogen and oxygen atoms in total. The molecular formula is C20H8FI4NaO5+2. The second-order valence-electron chi connectivity index (χ2n) is 6.24. The van der Waals surface area contributed by atoms with Crippen molar-refractivity contribution >= 4 is 118 Å². The first-order valence-corrected chi connectivity index (χ1v) is 12.4. The molecule has 0 fully saturated rings. The third-order valence-electron chi connectivity index (χ3n) is 4.54. The first-order chi connectivity index (χ1) is 14.1. The second kappa shape index (κ2) is 9.85. The van der Waals surface area contributed by atoms with Gasteiger partial charge in [0.05, 0.1) is 23.5 Å². The Morgan fingerprint density at radius 3 is 1.81 bits per heavy atom. The number of aromatic hydroxyl groups is 2. The van der Waals surface area contributed by atoms with Gasteiger partial charge >= 0.3 is 46.7 Å². The van der Waals surface area contributed by atoms with E-state index in [1.807, 2.05) is 90.4 Å². The fourth-order valence-corrected chi connectivity index (χ4v) is 6.80. The normalized spacial score (nSPS) is 11.0. The van der Waals surface area contributed by atoms with E-state index < -0.39 is 11.8 Å². The molecule has 4 aromatic rings. The van der Waals surface area contributed by atoms with E-state index in [2.05, 4.69) is 0 Å². The molecule has 0 aliphatic heterocycles. The van der Waals surface area contributed by atoms with Crippen LogP contribution in [0.3, 0.4) is 0 Å². The summed E-state index contributed by atoms with van der Waals surface area (Å²) in [5.74, 6) is -1.94. The monoisotopic (exact) mass is 878 g/mol. The maximum atomic E-state index is 15.1. The summed E-state index contributed by atoms with van der Waals surface area (Å²) in [6.07, 6.45) is 0. The van der Waals surface area contributed by atoms with Crippen molar-refractivity contribution < 1.29 is 58.5 Å². The van der Waals surface area contributed by atoms with E-state index in [9.17, 15) is 20.1 Å². The first-order valence-electron chi connectivity index (χ1n) is 8.13. The summed E-state index contributed by atoms with van der Waals surface area (Å²) in [5.41, 5.74) is 0.599. The molecule has 0 saturated heterocycles. The Morgan fingerprint density at radius 1 is 0.871 bits per heavy atom. The Balaban J connectivity index is 0.00000272. The molecule has 3 N–H and O–H groups in total. The number of rotatable bonds is 2. The van der Waals surface area contributed by atoms with Crippen molar-refractivity contribution in [1.29, 1.82) is 0 Å². The largest absolute Gasteiger partial charge is 1.00 e. The van der Waals surface area contributed by atoms with E-state index in [-0.39, 0.29) is 63.3 Å². The van der Waals surface area contributed by atoms with Crippen LogP contribution in [-0.4, -0.2) is 21.3 Å². The van der Waals surface area contributed by atoms with E-state index in [0.717, 1.165) is 0 Å². The Morgan fingerprint density at radius 2 is 1.35 bits per heavy atom. The van der Waals surface area contributed by atoms with Gasteiger partial charge in [-0.1, -0.05) is 6.07 Å². The number of hydrogen-bond donors (Lipinski definition) is 3. The van der Waals surface area contributed by atoms with Crippen molar-refractivity contribution in [3.8, 4) is 22.6 Å². The molecule has 1 heterocycles. The number of phenols is 2. The summed E-state index contributed by atoms with van der Waals surface area (Å²) < 4.78 is 23.0. The Hall–Kier alpha value is 0.250. The quantitative estimate of drug-likeness (QED) is 0.122. The van der Waals surface area contributed by atoms with E-state index in [1.165, 1.54) is 18.2 Å². The Bertz CT molecular complexity index is 1340. The maximum absolute atomic E-state index is 15.1. The van der Waals surface area contributed by atoms with Crippen LogP contribution in [0.2, 0.25) is 0 Å². The fourth-order valence-electron chi connectivity index (χ4n) is 3.23. The van der Waals surface area contributed by atoms with Crippen LogP contribution in [0.25, 0.3) is 33.1 Å². The Labute approximate surface area is 251 Å². The zero-order valence-electron chi connectivity index (χ0n) is 15.4. The summed E-state index contributed by atoms with van der Waals surface area (Å²) in [5, 5.41) is 31.5. The molecule has 0 aliphatic rings. The molecule has 4 rings (SSSR count). The van der Waals surface area contributed by atoms with Crippen molar-refractivity contribution in [3.63, 3.8) is 0 Å². The molecule has 0 aliphatic carbocycles. The topological polar surface area (TPSA) is 89.1 Å². The molecule has 0 radical (unpaired) electrons. The van der Waals surface area contributed by atoms with E-state index in [1.54, 1.807) is 12.1 Å². The number of fused-ring (bicyclic) bond motifs is 2. The van der Waals surface area contributed by atoms with Crippen LogP contribution < -0.4 is 29.6 Å². The van der Waals surface area contributed by atoms with Crippen LogP contribution in [-0.2, 0) is 0 Å². The van der Waals surface area contributed by atoms with Gasteiger partial charge < -0.3 is 15.3 Å². The first kappa shape index (κ1) is 25.9. The van der Waals surface area contributed by atoms with Crippen molar-refractivity contribution in [2.75, 3.05) is 0 Å². The van der Waals surface area contributed by atoms with Crippen LogP contribution in [0.4, 0.5) is 4.39 Å². The summed E-state index contributed by atoms with van der Waals surface area (Å²) >= 11 is 7.78. The van der Waals surface area contributed by atoms with Crippen molar-refractivity contribution in [2.45, 2.75) is 0 Å². The number of carboxylic acid groups (broad SMARTS) is 1. The van der Waals surface area contributed by atoms with E-state index in [4.69, 9.17) is 4.42 Å². The molecule has 0 bridgehead atoms. The van der Waals surface area contributed by atoms with Crippen LogP contribution in [0, 0.1) is 20.1 Å². The minimum atomic E-state index is -1.27. The average Bonchev–Trinajstić information content (AvgIpc) is 2.70. The third-order valence-corrected chi connectivity index (χ3v) is 8.18. The zero-order chi connectivity index (χ0) is 21.9. The molecule has 31 heavy (non-hydrogen) atoms. The van der Waals surface area contributed by atoms with Crippen LogP contribution >= 0.6 is 90.4 Å². The minimum Gasteiger partial charge on any atom is -0.505 e. The molecule has 11 heteroatoms. The second-order valence-corrected chi connectivity index (χ2v) is 10.7. The fraction of sp³-hybridized carbons (Fsp3) is 0. The molecular weight excluding hydrogens is 870 g/mol. The van der Waals surface area contributed by atoms with Gasteiger partial charge in [-0.2, -0.15) is 0 Å². The van der Waals surface area contributed by atoms with Crippen molar-refractivity contribution in [1.82, 2.24) is 0 Å². The molecule has 0 unspecified atom stereocenters. The minimum absolute atomic E-state index is 0. The molecule has 0 saturated carbocycles. The smallest absolute Gasteiger partial charge is 0.505 e. The average molecular weight is 878 g/mol. The maximum Gasteiger partial charge on any atom is 1.00 e. The summed E-state index contributed by atoms with van der Waals surface area (Å²) in [4.78, 5) is 11.9. The summed E-state index contributed by atoms with van der Waals surface area (Å²) in [6.45, 7) is 0. The van der Waals surface area contributed by atoms with Gasteiger partial charge in [0.2, 0.25) is 0 Å². The summed E-state index contributed by atoms with van der Waals surface area (Å²) in [7, 11) is 0. The van der Waals surface area contributed by atoms with Gasteiger partial charge in [0.1, 0.15) is 5.82 Å². The molecule has 3 aromatic carbocycles.